The number of rotatable bonds is 2. The number of benzene rings is 1. The standard InChI is InChI=1S/C16H14N4O2/c21-14-8-11-7-12(6-10-2-1-5-20(14)15(10)11)19-16(22)13-9-17-3-4-18-13/h3-4,6-7,9H,1-2,5,8H2,(H,19,22). The Labute approximate surface area is 127 Å². The minimum atomic E-state index is -0.294. The van der Waals surface area contributed by atoms with Gasteiger partial charge in [-0.1, -0.05) is 0 Å². The fourth-order valence-electron chi connectivity index (χ4n) is 3.16. The zero-order valence-electron chi connectivity index (χ0n) is 11.9. The number of hydrogen-bond donors (Lipinski definition) is 1. The van der Waals surface area contributed by atoms with Crippen LogP contribution in [0.2, 0.25) is 0 Å². The highest BCUT2D eigenvalue weighted by atomic mass is 16.2. The van der Waals surface area contributed by atoms with E-state index in [2.05, 4.69) is 15.3 Å². The van der Waals surface area contributed by atoms with Crippen LogP contribution < -0.4 is 10.2 Å². The molecule has 2 amide bonds. The van der Waals surface area contributed by atoms with Crippen LogP contribution in [0.1, 0.15) is 28.0 Å². The molecule has 1 aromatic carbocycles. The van der Waals surface area contributed by atoms with Crippen LogP contribution in [0.5, 0.6) is 0 Å². The Morgan fingerprint density at radius 3 is 2.91 bits per heavy atom. The summed E-state index contributed by atoms with van der Waals surface area (Å²) in [5.41, 5.74) is 4.16. The van der Waals surface area contributed by atoms with Crippen LogP contribution in [0.25, 0.3) is 0 Å². The van der Waals surface area contributed by atoms with Crippen molar-refractivity contribution in [3.05, 3.63) is 47.5 Å². The number of nitrogens with zero attached hydrogens (tertiary/aromatic N) is 3. The van der Waals surface area contributed by atoms with Crippen molar-refractivity contribution in [1.82, 2.24) is 9.97 Å². The van der Waals surface area contributed by atoms with E-state index in [9.17, 15) is 9.59 Å². The lowest BCUT2D eigenvalue weighted by Gasteiger charge is -2.26. The Hall–Kier alpha value is -2.76. The first kappa shape index (κ1) is 12.9. The van der Waals surface area contributed by atoms with Gasteiger partial charge in [-0.15, -0.1) is 0 Å². The van der Waals surface area contributed by atoms with Gasteiger partial charge in [0, 0.05) is 24.6 Å². The molecule has 3 heterocycles. The van der Waals surface area contributed by atoms with E-state index in [1.165, 1.54) is 18.6 Å². The van der Waals surface area contributed by atoms with Crippen LogP contribution in [0.15, 0.2) is 30.7 Å². The average molecular weight is 294 g/mol. The van der Waals surface area contributed by atoms with Crippen LogP contribution in [-0.2, 0) is 17.6 Å². The summed E-state index contributed by atoms with van der Waals surface area (Å²) in [6, 6.07) is 3.84. The zero-order valence-corrected chi connectivity index (χ0v) is 11.9. The number of hydrogen-bond acceptors (Lipinski definition) is 4. The molecule has 0 saturated heterocycles. The predicted octanol–water partition coefficient (Wildman–Crippen LogP) is 1.56. The van der Waals surface area contributed by atoms with E-state index in [0.29, 0.717) is 12.1 Å². The Bertz CT molecular complexity index is 773. The monoisotopic (exact) mass is 294 g/mol. The second-order valence-electron chi connectivity index (χ2n) is 5.51. The molecule has 0 unspecified atom stereocenters. The first-order valence-corrected chi connectivity index (χ1v) is 7.26. The summed E-state index contributed by atoms with van der Waals surface area (Å²) < 4.78 is 0. The van der Waals surface area contributed by atoms with Crippen molar-refractivity contribution in [3.63, 3.8) is 0 Å². The van der Waals surface area contributed by atoms with Gasteiger partial charge in [-0.25, -0.2) is 4.98 Å². The molecule has 0 saturated carbocycles. The zero-order chi connectivity index (χ0) is 15.1. The number of aromatic nitrogens is 2. The molecule has 1 aromatic heterocycles. The fraction of sp³-hybridized carbons (Fsp3) is 0.250. The van der Waals surface area contributed by atoms with Gasteiger partial charge < -0.3 is 10.2 Å². The van der Waals surface area contributed by atoms with E-state index in [-0.39, 0.29) is 17.5 Å². The molecule has 0 atom stereocenters. The third kappa shape index (κ3) is 2.04. The van der Waals surface area contributed by atoms with Crippen molar-refractivity contribution in [1.29, 1.82) is 0 Å². The van der Waals surface area contributed by atoms with Crippen molar-refractivity contribution in [3.8, 4) is 0 Å². The molecule has 0 radical (unpaired) electrons. The van der Waals surface area contributed by atoms with Gasteiger partial charge in [0.1, 0.15) is 5.69 Å². The van der Waals surface area contributed by atoms with Crippen molar-refractivity contribution < 1.29 is 9.59 Å². The summed E-state index contributed by atoms with van der Waals surface area (Å²) >= 11 is 0. The maximum atomic E-state index is 12.2. The summed E-state index contributed by atoms with van der Waals surface area (Å²) in [6.45, 7) is 0.796. The lowest BCUT2D eigenvalue weighted by atomic mass is 9.99. The summed E-state index contributed by atoms with van der Waals surface area (Å²) in [7, 11) is 0. The quantitative estimate of drug-likeness (QED) is 0.912. The van der Waals surface area contributed by atoms with Gasteiger partial charge in [-0.05, 0) is 36.1 Å². The third-order valence-electron chi connectivity index (χ3n) is 4.06. The molecule has 0 bridgehead atoms. The van der Waals surface area contributed by atoms with Crippen molar-refractivity contribution in [2.75, 3.05) is 16.8 Å². The predicted molar refractivity (Wildman–Crippen MR) is 80.8 cm³/mol. The van der Waals surface area contributed by atoms with Gasteiger partial charge in [-0.3, -0.25) is 14.6 Å². The Balaban J connectivity index is 1.66. The summed E-state index contributed by atoms with van der Waals surface area (Å²) in [5, 5.41) is 2.85. The summed E-state index contributed by atoms with van der Waals surface area (Å²) in [4.78, 5) is 33.9. The van der Waals surface area contributed by atoms with Gasteiger partial charge in [0.05, 0.1) is 18.3 Å². The number of nitrogens with one attached hydrogen (secondary N) is 1. The van der Waals surface area contributed by atoms with Crippen LogP contribution in [0, 0.1) is 0 Å². The molecule has 0 aliphatic carbocycles. The highest BCUT2D eigenvalue weighted by Gasteiger charge is 2.32. The highest BCUT2D eigenvalue weighted by molar-refractivity contribution is 6.05. The molecule has 2 aromatic rings. The summed E-state index contributed by atoms with van der Waals surface area (Å²) in [5.74, 6) is -0.148. The molecule has 110 valence electrons. The number of carbonyl (C=O) groups excluding carboxylic acids is 2. The minimum absolute atomic E-state index is 0.147. The van der Waals surface area contributed by atoms with E-state index >= 15 is 0 Å². The smallest absolute Gasteiger partial charge is 0.275 e. The van der Waals surface area contributed by atoms with E-state index in [1.54, 1.807) is 0 Å². The van der Waals surface area contributed by atoms with Crippen LogP contribution in [0.3, 0.4) is 0 Å². The van der Waals surface area contributed by atoms with E-state index in [0.717, 1.165) is 36.2 Å². The number of anilines is 2. The maximum absolute atomic E-state index is 12.2. The normalized spacial score (nSPS) is 15.6. The number of aryl methyl sites for hydroxylation is 1. The molecule has 0 spiro atoms. The van der Waals surface area contributed by atoms with E-state index in [4.69, 9.17) is 0 Å². The Morgan fingerprint density at radius 2 is 2.09 bits per heavy atom. The molecular formula is C16H14N4O2. The molecule has 6 nitrogen and oxygen atoms in total. The van der Waals surface area contributed by atoms with Crippen molar-refractivity contribution in [2.45, 2.75) is 19.3 Å². The number of amides is 2. The third-order valence-corrected chi connectivity index (χ3v) is 4.06. The highest BCUT2D eigenvalue weighted by Crippen LogP contribution is 2.38. The summed E-state index contributed by atoms with van der Waals surface area (Å²) in [6.07, 6.45) is 6.74. The molecule has 6 heteroatoms. The molecule has 1 N–H and O–H groups in total. The van der Waals surface area contributed by atoms with Crippen LogP contribution in [-0.4, -0.2) is 28.3 Å². The van der Waals surface area contributed by atoms with E-state index < -0.39 is 0 Å². The molecular weight excluding hydrogens is 280 g/mol. The first-order chi connectivity index (χ1) is 10.7. The van der Waals surface area contributed by atoms with Crippen LogP contribution >= 0.6 is 0 Å². The fourth-order valence-corrected chi connectivity index (χ4v) is 3.16. The Morgan fingerprint density at radius 1 is 1.23 bits per heavy atom. The molecule has 2 aliphatic rings. The molecule has 22 heavy (non-hydrogen) atoms. The van der Waals surface area contributed by atoms with Crippen LogP contribution in [0.4, 0.5) is 11.4 Å². The van der Waals surface area contributed by atoms with Crippen molar-refractivity contribution >= 4 is 23.2 Å². The topological polar surface area (TPSA) is 75.2 Å². The minimum Gasteiger partial charge on any atom is -0.321 e. The SMILES string of the molecule is O=C(Nc1cc2c3c(c1)CC(=O)N3CCC2)c1cnccn1. The maximum Gasteiger partial charge on any atom is 0.275 e. The number of carbonyl (C=O) groups is 2. The van der Waals surface area contributed by atoms with E-state index in [1.807, 2.05) is 17.0 Å². The van der Waals surface area contributed by atoms with Gasteiger partial charge in [-0.2, -0.15) is 0 Å². The second-order valence-corrected chi connectivity index (χ2v) is 5.51. The van der Waals surface area contributed by atoms with Crippen molar-refractivity contribution in [2.24, 2.45) is 0 Å². The van der Waals surface area contributed by atoms with Gasteiger partial charge in [0.15, 0.2) is 0 Å². The lowest BCUT2D eigenvalue weighted by molar-refractivity contribution is -0.117. The van der Waals surface area contributed by atoms with Gasteiger partial charge >= 0.3 is 0 Å². The second kappa shape index (κ2) is 4.91. The average Bonchev–Trinajstić information content (AvgIpc) is 2.86. The first-order valence-electron chi connectivity index (χ1n) is 7.26. The Kier molecular flexibility index (Phi) is 2.89. The van der Waals surface area contributed by atoms with Gasteiger partial charge in [0.25, 0.3) is 5.91 Å². The van der Waals surface area contributed by atoms with Gasteiger partial charge in [0.2, 0.25) is 5.91 Å². The molecule has 4 rings (SSSR count). The molecule has 0 fully saturated rings. The lowest BCUT2D eigenvalue weighted by Crippen LogP contribution is -2.31. The molecule has 2 aliphatic heterocycles. The largest absolute Gasteiger partial charge is 0.321 e.